The first-order chi connectivity index (χ1) is 12.6. The van der Waals surface area contributed by atoms with E-state index in [9.17, 15) is 10.1 Å². The average molecular weight is 383 g/mol. The van der Waals surface area contributed by atoms with E-state index < -0.39 is 5.91 Å². The molecule has 0 bridgehead atoms. The molecule has 5 nitrogen and oxygen atoms in total. The summed E-state index contributed by atoms with van der Waals surface area (Å²) in [4.78, 5) is 12.4. The number of nitrogens with zero attached hydrogens (tertiary/aromatic N) is 3. The Morgan fingerprint density at radius 3 is 2.46 bits per heavy atom. The lowest BCUT2D eigenvalue weighted by molar-refractivity contribution is -0.112. The minimum atomic E-state index is -0.602. The minimum Gasteiger partial charge on any atom is -0.319 e. The van der Waals surface area contributed by atoms with Gasteiger partial charge in [0.05, 0.1) is 27.6 Å². The summed E-state index contributed by atoms with van der Waals surface area (Å²) in [6.07, 6.45) is 4.75. The molecule has 0 aliphatic carbocycles. The van der Waals surface area contributed by atoms with Gasteiger partial charge in [-0.2, -0.15) is 10.4 Å². The summed E-state index contributed by atoms with van der Waals surface area (Å²) in [6.45, 7) is 0. The highest BCUT2D eigenvalue weighted by Gasteiger charge is 2.14. The monoisotopic (exact) mass is 382 g/mol. The zero-order valence-corrected chi connectivity index (χ0v) is 14.9. The lowest BCUT2D eigenvalue weighted by Gasteiger charge is -2.08. The molecule has 0 saturated carbocycles. The number of benzene rings is 2. The Bertz CT molecular complexity index is 999. The summed E-state index contributed by atoms with van der Waals surface area (Å²) in [5.74, 6) is -0.602. The number of hydrogen-bond donors (Lipinski definition) is 1. The fraction of sp³-hybridized carbons (Fsp3) is 0. The second-order valence-corrected chi connectivity index (χ2v) is 6.09. The lowest BCUT2D eigenvalue weighted by atomic mass is 10.2. The van der Waals surface area contributed by atoms with Crippen LogP contribution in [0.1, 0.15) is 5.56 Å². The largest absolute Gasteiger partial charge is 0.319 e. The van der Waals surface area contributed by atoms with Crippen LogP contribution in [0, 0.1) is 11.3 Å². The van der Waals surface area contributed by atoms with Gasteiger partial charge < -0.3 is 5.32 Å². The number of carbonyl (C=O) groups excluding carboxylic acids is 1. The van der Waals surface area contributed by atoms with E-state index in [-0.39, 0.29) is 11.3 Å². The molecule has 0 saturated heterocycles. The standard InChI is InChI=1S/C19H12Cl2N4O/c20-16-7-4-8-17(21)18(16)24-19(26)14(10-22)9-13-11-23-25(12-13)15-5-2-1-3-6-15/h1-9,11-12H,(H,24,26)/b14-9+. The third kappa shape index (κ3) is 3.94. The van der Waals surface area contributed by atoms with Crippen molar-refractivity contribution in [1.82, 2.24) is 9.78 Å². The van der Waals surface area contributed by atoms with E-state index in [0.29, 0.717) is 15.6 Å². The zero-order valence-electron chi connectivity index (χ0n) is 13.4. The van der Waals surface area contributed by atoms with Crippen molar-refractivity contribution >= 4 is 40.9 Å². The summed E-state index contributed by atoms with van der Waals surface area (Å²) >= 11 is 12.1. The smallest absolute Gasteiger partial charge is 0.266 e. The fourth-order valence-corrected chi connectivity index (χ4v) is 2.74. The SMILES string of the molecule is N#C/C(=C\c1cnn(-c2ccccc2)c1)C(=O)Nc1c(Cl)cccc1Cl. The molecule has 7 heteroatoms. The Labute approximate surface area is 160 Å². The molecule has 0 aliphatic heterocycles. The first-order valence-electron chi connectivity index (χ1n) is 7.56. The van der Waals surface area contributed by atoms with Gasteiger partial charge in [0.1, 0.15) is 11.6 Å². The van der Waals surface area contributed by atoms with Gasteiger partial charge in [-0.25, -0.2) is 4.68 Å². The van der Waals surface area contributed by atoms with Crippen molar-refractivity contribution in [2.24, 2.45) is 0 Å². The molecule has 0 unspecified atom stereocenters. The van der Waals surface area contributed by atoms with Gasteiger partial charge in [-0.05, 0) is 30.3 Å². The van der Waals surface area contributed by atoms with Crippen LogP contribution >= 0.6 is 23.2 Å². The number of hydrogen-bond acceptors (Lipinski definition) is 3. The lowest BCUT2D eigenvalue weighted by Crippen LogP contribution is -2.14. The predicted octanol–water partition coefficient (Wildman–Crippen LogP) is 4.72. The van der Waals surface area contributed by atoms with Crippen LogP contribution < -0.4 is 5.32 Å². The van der Waals surface area contributed by atoms with Crippen LogP contribution in [0.5, 0.6) is 0 Å². The summed E-state index contributed by atoms with van der Waals surface area (Å²) in [5, 5.41) is 16.7. The van der Waals surface area contributed by atoms with Gasteiger partial charge in [0.25, 0.3) is 5.91 Å². The Morgan fingerprint density at radius 2 is 1.81 bits per heavy atom. The summed E-state index contributed by atoms with van der Waals surface area (Å²) in [5.41, 5.74) is 1.67. The van der Waals surface area contributed by atoms with Crippen LogP contribution in [0.25, 0.3) is 11.8 Å². The molecule has 1 amide bonds. The van der Waals surface area contributed by atoms with Gasteiger partial charge in [0, 0.05) is 11.8 Å². The van der Waals surface area contributed by atoms with E-state index in [2.05, 4.69) is 10.4 Å². The highest BCUT2D eigenvalue weighted by atomic mass is 35.5. The molecule has 0 radical (unpaired) electrons. The normalized spacial score (nSPS) is 11.0. The molecular formula is C19H12Cl2N4O. The number of nitriles is 1. The Balaban J connectivity index is 1.84. The number of anilines is 1. The van der Waals surface area contributed by atoms with E-state index in [1.807, 2.05) is 36.4 Å². The molecule has 0 atom stereocenters. The summed E-state index contributed by atoms with van der Waals surface area (Å²) < 4.78 is 1.66. The molecule has 1 N–H and O–H groups in total. The van der Waals surface area contributed by atoms with Crippen LogP contribution in [0.15, 0.2) is 66.5 Å². The molecule has 1 aromatic heterocycles. The first-order valence-corrected chi connectivity index (χ1v) is 8.31. The van der Waals surface area contributed by atoms with Crippen molar-refractivity contribution in [3.05, 3.63) is 82.1 Å². The number of aromatic nitrogens is 2. The highest BCUT2D eigenvalue weighted by Crippen LogP contribution is 2.30. The van der Waals surface area contributed by atoms with E-state index in [1.165, 1.54) is 6.08 Å². The second kappa shape index (κ2) is 7.87. The van der Waals surface area contributed by atoms with Crippen LogP contribution in [0.2, 0.25) is 10.0 Å². The summed E-state index contributed by atoms with van der Waals surface area (Å²) in [6, 6.07) is 16.3. The van der Waals surface area contributed by atoms with Gasteiger partial charge in [0.2, 0.25) is 0 Å². The maximum atomic E-state index is 12.4. The van der Waals surface area contributed by atoms with E-state index in [1.54, 1.807) is 35.3 Å². The van der Waals surface area contributed by atoms with Crippen LogP contribution in [-0.2, 0) is 4.79 Å². The average Bonchev–Trinajstić information content (AvgIpc) is 3.12. The number of rotatable bonds is 4. The molecule has 26 heavy (non-hydrogen) atoms. The molecule has 0 spiro atoms. The quantitative estimate of drug-likeness (QED) is 0.523. The Morgan fingerprint density at radius 1 is 1.12 bits per heavy atom. The molecule has 0 fully saturated rings. The van der Waals surface area contributed by atoms with E-state index in [0.717, 1.165) is 5.69 Å². The van der Waals surface area contributed by atoms with E-state index in [4.69, 9.17) is 23.2 Å². The van der Waals surface area contributed by atoms with Crippen LogP contribution in [0.3, 0.4) is 0 Å². The minimum absolute atomic E-state index is 0.0893. The molecular weight excluding hydrogens is 371 g/mol. The second-order valence-electron chi connectivity index (χ2n) is 5.27. The van der Waals surface area contributed by atoms with Crippen LogP contribution in [-0.4, -0.2) is 15.7 Å². The molecule has 128 valence electrons. The topological polar surface area (TPSA) is 70.7 Å². The Kier molecular flexibility index (Phi) is 5.37. The number of nitrogens with one attached hydrogen (secondary N) is 1. The number of amides is 1. The molecule has 3 rings (SSSR count). The van der Waals surface area contributed by atoms with Crippen molar-refractivity contribution in [1.29, 1.82) is 5.26 Å². The highest BCUT2D eigenvalue weighted by molar-refractivity contribution is 6.40. The fourth-order valence-electron chi connectivity index (χ4n) is 2.25. The third-order valence-electron chi connectivity index (χ3n) is 3.50. The van der Waals surface area contributed by atoms with Crippen molar-refractivity contribution in [2.75, 3.05) is 5.32 Å². The maximum Gasteiger partial charge on any atom is 0.266 e. The zero-order chi connectivity index (χ0) is 18.5. The predicted molar refractivity (Wildman–Crippen MR) is 102 cm³/mol. The third-order valence-corrected chi connectivity index (χ3v) is 4.13. The number of carbonyl (C=O) groups is 1. The van der Waals surface area contributed by atoms with Crippen molar-refractivity contribution in [3.8, 4) is 11.8 Å². The molecule has 3 aromatic rings. The number of halogens is 2. The molecule has 0 aliphatic rings. The van der Waals surface area contributed by atoms with Gasteiger partial charge >= 0.3 is 0 Å². The van der Waals surface area contributed by atoms with Gasteiger partial charge in [-0.1, -0.05) is 47.5 Å². The van der Waals surface area contributed by atoms with Crippen LogP contribution in [0.4, 0.5) is 5.69 Å². The molecule has 1 heterocycles. The maximum absolute atomic E-state index is 12.4. The molecule has 2 aromatic carbocycles. The van der Waals surface area contributed by atoms with Gasteiger partial charge in [-0.15, -0.1) is 0 Å². The van der Waals surface area contributed by atoms with Gasteiger partial charge in [-0.3, -0.25) is 4.79 Å². The Hall–Kier alpha value is -3.07. The first kappa shape index (κ1) is 17.7. The number of para-hydroxylation sites is 2. The summed E-state index contributed by atoms with van der Waals surface area (Å²) in [7, 11) is 0. The van der Waals surface area contributed by atoms with Crippen molar-refractivity contribution in [2.45, 2.75) is 0 Å². The van der Waals surface area contributed by atoms with Crippen molar-refractivity contribution in [3.63, 3.8) is 0 Å². The van der Waals surface area contributed by atoms with Crippen molar-refractivity contribution < 1.29 is 4.79 Å². The van der Waals surface area contributed by atoms with Gasteiger partial charge in [0.15, 0.2) is 0 Å². The van der Waals surface area contributed by atoms with E-state index >= 15 is 0 Å².